The maximum atomic E-state index is 2.34. The predicted molar refractivity (Wildman–Crippen MR) is 259 cm³/mol. The molecule has 0 saturated carbocycles. The Morgan fingerprint density at radius 2 is 0.567 bits per heavy atom. The van der Waals surface area contributed by atoms with E-state index in [9.17, 15) is 0 Å². The van der Waals surface area contributed by atoms with Gasteiger partial charge in [-0.05, 0) is 104 Å². The van der Waals surface area contributed by atoms with Crippen molar-refractivity contribution in [2.75, 3.05) is 9.80 Å². The number of anilines is 6. The Balaban J connectivity index is 0.909. The number of nitrogens with zero attached hydrogens (tertiary/aromatic N) is 2. The highest BCUT2D eigenvalue weighted by atomic mass is 15.1. The average molecular weight is 767 g/mol. The summed E-state index contributed by atoms with van der Waals surface area (Å²) in [6, 6.07) is 82.3. The molecule has 0 N–H and O–H groups in total. The molecule has 2 heteroatoms. The van der Waals surface area contributed by atoms with Gasteiger partial charge in [-0.2, -0.15) is 0 Å². The largest absolute Gasteiger partial charge is 0.310 e. The minimum Gasteiger partial charge on any atom is -0.310 e. The molecule has 0 heterocycles. The van der Waals surface area contributed by atoms with Gasteiger partial charge in [0.2, 0.25) is 0 Å². The van der Waals surface area contributed by atoms with Crippen molar-refractivity contribution in [3.05, 3.63) is 253 Å². The van der Waals surface area contributed by atoms with E-state index in [-0.39, 0.29) is 0 Å². The zero-order valence-electron chi connectivity index (χ0n) is 33.1. The third kappa shape index (κ3) is 7.35. The maximum Gasteiger partial charge on any atom is 0.0540 e. The molecule has 10 aromatic rings. The Labute approximate surface area is 351 Å². The smallest absolute Gasteiger partial charge is 0.0540 e. The van der Waals surface area contributed by atoms with Crippen LogP contribution in [0.25, 0.3) is 56.6 Å². The van der Waals surface area contributed by atoms with E-state index in [1.807, 2.05) is 0 Å². The van der Waals surface area contributed by atoms with Crippen LogP contribution in [0.4, 0.5) is 34.1 Å². The van der Waals surface area contributed by atoms with Gasteiger partial charge in [-0.3, -0.25) is 0 Å². The molecule has 0 aromatic heterocycles. The van der Waals surface area contributed by atoms with E-state index in [2.05, 4.69) is 265 Å². The second-order valence-electron chi connectivity index (χ2n) is 15.0. The Morgan fingerprint density at radius 1 is 0.233 bits per heavy atom. The van der Waals surface area contributed by atoms with E-state index in [0.29, 0.717) is 0 Å². The molecule has 2 nitrogen and oxygen atoms in total. The van der Waals surface area contributed by atoms with E-state index in [1.165, 1.54) is 43.4 Å². The Bertz CT molecular complexity index is 2900. The molecule has 0 saturated heterocycles. The average Bonchev–Trinajstić information content (AvgIpc) is 3.32. The lowest BCUT2D eigenvalue weighted by Crippen LogP contribution is -2.10. The maximum absolute atomic E-state index is 2.34. The molecule has 0 bridgehead atoms. The first-order valence-corrected chi connectivity index (χ1v) is 20.5. The van der Waals surface area contributed by atoms with Crippen LogP contribution in [0.3, 0.4) is 0 Å². The van der Waals surface area contributed by atoms with Gasteiger partial charge in [-0.15, -0.1) is 0 Å². The first-order chi connectivity index (χ1) is 29.8. The summed E-state index contributed by atoms with van der Waals surface area (Å²) in [6.45, 7) is 0. The third-order valence-corrected chi connectivity index (χ3v) is 11.2. The topological polar surface area (TPSA) is 6.48 Å². The lowest BCUT2D eigenvalue weighted by Gasteiger charge is -2.27. The zero-order valence-corrected chi connectivity index (χ0v) is 33.1. The number of hydrogen-bond donors (Lipinski definition) is 0. The summed E-state index contributed by atoms with van der Waals surface area (Å²) in [5.74, 6) is 0. The third-order valence-electron chi connectivity index (χ3n) is 11.2. The fourth-order valence-electron chi connectivity index (χ4n) is 8.31. The summed E-state index contributed by atoms with van der Waals surface area (Å²) in [7, 11) is 0. The molecule has 284 valence electrons. The van der Waals surface area contributed by atoms with E-state index in [0.717, 1.165) is 45.3 Å². The van der Waals surface area contributed by atoms with Crippen LogP contribution in [0.15, 0.2) is 231 Å². The zero-order chi connectivity index (χ0) is 40.1. The Morgan fingerprint density at radius 3 is 1.00 bits per heavy atom. The molecule has 0 atom stereocenters. The second kappa shape index (κ2) is 16.5. The summed E-state index contributed by atoms with van der Waals surface area (Å²) in [4.78, 5) is 4.69. The van der Waals surface area contributed by atoms with Gasteiger partial charge in [0.15, 0.2) is 0 Å². The van der Waals surface area contributed by atoms with Crippen molar-refractivity contribution >= 4 is 90.7 Å². The van der Waals surface area contributed by atoms with Crippen molar-refractivity contribution in [3.63, 3.8) is 0 Å². The number of benzene rings is 10. The molecule has 0 aliphatic rings. The van der Waals surface area contributed by atoms with Gasteiger partial charge >= 0.3 is 0 Å². The van der Waals surface area contributed by atoms with Crippen molar-refractivity contribution < 1.29 is 0 Å². The molecule has 10 rings (SSSR count). The highest BCUT2D eigenvalue weighted by molar-refractivity contribution is 6.01. The quantitative estimate of drug-likeness (QED) is 0.128. The summed E-state index contributed by atoms with van der Waals surface area (Å²) in [5, 5.41) is 7.34. The molecule has 0 fully saturated rings. The van der Waals surface area contributed by atoms with Crippen molar-refractivity contribution in [3.8, 4) is 0 Å². The summed E-state index contributed by atoms with van der Waals surface area (Å²) in [5.41, 5.74) is 11.5. The molecule has 0 amide bonds. The van der Waals surface area contributed by atoms with E-state index in [1.54, 1.807) is 0 Å². The molecular formula is C58H42N2. The number of hydrogen-bond acceptors (Lipinski definition) is 2. The Kier molecular flexibility index (Phi) is 10.0. The standard InChI is InChI=1S/C58H42N2/c1-3-21-49(22-4-1)59(57-29-13-19-45-15-7-9-25-55(45)57)51-39-33-43(34-40-51)31-37-47-17-11-28-54-48(18-12-27-53(47)54)38-32-44-35-41-52(42-36-44)60(50-23-5-2-6-24-50)58-30-14-20-46-16-8-10-26-56(46)58/h1-42H. The normalized spacial score (nSPS) is 11.5. The molecule has 10 aromatic carbocycles. The molecule has 0 aliphatic heterocycles. The molecule has 60 heavy (non-hydrogen) atoms. The first-order valence-electron chi connectivity index (χ1n) is 20.5. The van der Waals surface area contributed by atoms with Gasteiger partial charge in [0.25, 0.3) is 0 Å². The van der Waals surface area contributed by atoms with Crippen LogP contribution in [-0.4, -0.2) is 0 Å². The lowest BCUT2D eigenvalue weighted by molar-refractivity contribution is 1.30. The summed E-state index contributed by atoms with van der Waals surface area (Å²) < 4.78 is 0. The van der Waals surface area contributed by atoms with Crippen molar-refractivity contribution in [2.24, 2.45) is 0 Å². The molecule has 0 radical (unpaired) electrons. The first kappa shape index (κ1) is 36.4. The predicted octanol–water partition coefficient (Wildman–Crippen LogP) is 16.4. The fourth-order valence-corrected chi connectivity index (χ4v) is 8.31. The highest BCUT2D eigenvalue weighted by Gasteiger charge is 2.16. The monoisotopic (exact) mass is 766 g/mol. The number of rotatable bonds is 10. The van der Waals surface area contributed by atoms with Crippen molar-refractivity contribution in [2.45, 2.75) is 0 Å². The number of fused-ring (bicyclic) bond motifs is 3. The summed E-state index contributed by atoms with van der Waals surface area (Å²) in [6.07, 6.45) is 8.89. The van der Waals surface area contributed by atoms with Crippen LogP contribution in [0.5, 0.6) is 0 Å². The Hall–Kier alpha value is -7.94. The molecular weight excluding hydrogens is 725 g/mol. The van der Waals surface area contributed by atoms with E-state index < -0.39 is 0 Å². The second-order valence-corrected chi connectivity index (χ2v) is 15.0. The van der Waals surface area contributed by atoms with E-state index in [4.69, 9.17) is 0 Å². The SMILES string of the molecule is C(=Cc1cccc2c(C=Cc3ccc(N(c4ccccc4)c4cccc5ccccc45)cc3)cccc12)c1ccc(N(c2ccccc2)c2cccc3ccccc23)cc1. The van der Waals surface area contributed by atoms with Gasteiger partial charge in [-0.25, -0.2) is 0 Å². The molecule has 0 unspecified atom stereocenters. The molecule has 0 aliphatic carbocycles. The minimum absolute atomic E-state index is 1.12. The fraction of sp³-hybridized carbons (Fsp3) is 0. The van der Waals surface area contributed by atoms with Gasteiger partial charge < -0.3 is 9.80 Å². The molecule has 0 spiro atoms. The minimum atomic E-state index is 1.12. The van der Waals surface area contributed by atoms with Crippen LogP contribution in [-0.2, 0) is 0 Å². The van der Waals surface area contributed by atoms with Gasteiger partial charge in [-0.1, -0.05) is 194 Å². The van der Waals surface area contributed by atoms with Crippen LogP contribution in [0.2, 0.25) is 0 Å². The van der Waals surface area contributed by atoms with Crippen LogP contribution >= 0.6 is 0 Å². The van der Waals surface area contributed by atoms with Gasteiger partial charge in [0.05, 0.1) is 11.4 Å². The highest BCUT2D eigenvalue weighted by Crippen LogP contribution is 2.40. The summed E-state index contributed by atoms with van der Waals surface area (Å²) >= 11 is 0. The lowest BCUT2D eigenvalue weighted by atomic mass is 9.98. The van der Waals surface area contributed by atoms with Crippen molar-refractivity contribution in [1.29, 1.82) is 0 Å². The number of para-hydroxylation sites is 2. The van der Waals surface area contributed by atoms with Crippen LogP contribution < -0.4 is 9.80 Å². The van der Waals surface area contributed by atoms with E-state index >= 15 is 0 Å². The van der Waals surface area contributed by atoms with Crippen LogP contribution in [0.1, 0.15) is 22.3 Å². The van der Waals surface area contributed by atoms with Gasteiger partial charge in [0.1, 0.15) is 0 Å². The van der Waals surface area contributed by atoms with Crippen molar-refractivity contribution in [1.82, 2.24) is 0 Å². The van der Waals surface area contributed by atoms with Gasteiger partial charge in [0, 0.05) is 33.5 Å². The van der Waals surface area contributed by atoms with Crippen LogP contribution in [0, 0.1) is 0 Å².